The summed E-state index contributed by atoms with van der Waals surface area (Å²) in [4.78, 5) is 22.1. The first kappa shape index (κ1) is 14.5. The van der Waals surface area contributed by atoms with Crippen molar-refractivity contribution in [2.75, 3.05) is 0 Å². The van der Waals surface area contributed by atoms with Gasteiger partial charge in [0.2, 0.25) is 0 Å². The SMILES string of the molecule is CC(=O)Oc1c(Cl)cc(C(C)(C)C)cc1C(=O)O. The number of halogens is 1. The first-order chi connectivity index (χ1) is 8.12. The number of carbonyl (C=O) groups is 2. The Morgan fingerprint density at radius 3 is 2.22 bits per heavy atom. The number of aromatic carboxylic acids is 1. The highest BCUT2D eigenvalue weighted by molar-refractivity contribution is 6.32. The van der Waals surface area contributed by atoms with Gasteiger partial charge >= 0.3 is 11.9 Å². The summed E-state index contributed by atoms with van der Waals surface area (Å²) in [7, 11) is 0. The van der Waals surface area contributed by atoms with Crippen LogP contribution in [0.4, 0.5) is 0 Å². The maximum absolute atomic E-state index is 11.2. The Bertz CT molecular complexity index is 500. The van der Waals surface area contributed by atoms with Crippen LogP contribution in [0.15, 0.2) is 12.1 Å². The summed E-state index contributed by atoms with van der Waals surface area (Å²) in [5.41, 5.74) is 0.409. The molecule has 0 atom stereocenters. The van der Waals surface area contributed by atoms with E-state index in [-0.39, 0.29) is 21.8 Å². The second kappa shape index (κ2) is 4.98. The van der Waals surface area contributed by atoms with Crippen LogP contribution in [0.3, 0.4) is 0 Å². The minimum absolute atomic E-state index is 0.107. The van der Waals surface area contributed by atoms with E-state index >= 15 is 0 Å². The number of carbonyl (C=O) groups excluding carboxylic acids is 1. The highest BCUT2D eigenvalue weighted by atomic mass is 35.5. The van der Waals surface area contributed by atoms with Gasteiger partial charge in [-0.05, 0) is 23.1 Å². The molecule has 1 N–H and O–H groups in total. The number of hydrogen-bond donors (Lipinski definition) is 1. The molecule has 1 aromatic rings. The summed E-state index contributed by atoms with van der Waals surface area (Å²) in [5.74, 6) is -1.90. The first-order valence-corrected chi connectivity index (χ1v) is 5.76. The van der Waals surface area contributed by atoms with E-state index in [1.165, 1.54) is 13.0 Å². The Kier molecular flexibility index (Phi) is 4.02. The Labute approximate surface area is 111 Å². The molecule has 1 rings (SSSR count). The molecule has 0 amide bonds. The third kappa shape index (κ3) is 3.23. The largest absolute Gasteiger partial charge is 0.478 e. The zero-order valence-corrected chi connectivity index (χ0v) is 11.5. The van der Waals surface area contributed by atoms with Gasteiger partial charge in [-0.3, -0.25) is 4.79 Å². The lowest BCUT2D eigenvalue weighted by atomic mass is 9.86. The lowest BCUT2D eigenvalue weighted by Gasteiger charge is -2.21. The van der Waals surface area contributed by atoms with E-state index in [1.807, 2.05) is 20.8 Å². The normalized spacial score (nSPS) is 11.2. The van der Waals surface area contributed by atoms with Gasteiger partial charge in [0.15, 0.2) is 5.75 Å². The molecule has 0 radical (unpaired) electrons. The maximum Gasteiger partial charge on any atom is 0.339 e. The molecule has 0 unspecified atom stereocenters. The zero-order chi connectivity index (χ0) is 14.1. The van der Waals surface area contributed by atoms with Crippen molar-refractivity contribution in [1.29, 1.82) is 0 Å². The summed E-state index contributed by atoms with van der Waals surface area (Å²) in [6, 6.07) is 3.10. The van der Waals surface area contributed by atoms with E-state index < -0.39 is 11.9 Å². The van der Waals surface area contributed by atoms with Gasteiger partial charge in [0.25, 0.3) is 0 Å². The van der Waals surface area contributed by atoms with E-state index in [1.54, 1.807) is 6.07 Å². The molecule has 4 nitrogen and oxygen atoms in total. The highest BCUT2D eigenvalue weighted by Crippen LogP contribution is 2.35. The number of esters is 1. The maximum atomic E-state index is 11.2. The first-order valence-electron chi connectivity index (χ1n) is 5.38. The van der Waals surface area contributed by atoms with Crippen LogP contribution in [0.5, 0.6) is 5.75 Å². The molecule has 0 aromatic heterocycles. The molecule has 0 spiro atoms. The van der Waals surface area contributed by atoms with Crippen molar-refractivity contribution in [3.05, 3.63) is 28.3 Å². The molecule has 0 heterocycles. The molecule has 0 bridgehead atoms. The van der Waals surface area contributed by atoms with Gasteiger partial charge in [0.1, 0.15) is 5.56 Å². The van der Waals surface area contributed by atoms with Crippen molar-refractivity contribution in [3.63, 3.8) is 0 Å². The average molecular weight is 271 g/mol. The molecule has 1 aromatic carbocycles. The lowest BCUT2D eigenvalue weighted by molar-refractivity contribution is -0.131. The number of hydrogen-bond acceptors (Lipinski definition) is 3. The van der Waals surface area contributed by atoms with E-state index in [2.05, 4.69) is 0 Å². The zero-order valence-electron chi connectivity index (χ0n) is 10.7. The van der Waals surface area contributed by atoms with E-state index in [9.17, 15) is 9.59 Å². The minimum atomic E-state index is -1.18. The molecule has 98 valence electrons. The van der Waals surface area contributed by atoms with Gasteiger partial charge in [-0.15, -0.1) is 0 Å². The lowest BCUT2D eigenvalue weighted by Crippen LogP contribution is -2.14. The number of rotatable bonds is 2. The summed E-state index contributed by atoms with van der Waals surface area (Å²) in [5, 5.41) is 9.26. The molecule has 0 saturated heterocycles. The Hall–Kier alpha value is -1.55. The standard InChI is InChI=1S/C13H15ClO4/c1-7(15)18-11-9(12(16)17)5-8(6-10(11)14)13(2,3)4/h5-6H,1-4H3,(H,16,17). The van der Waals surface area contributed by atoms with Crippen molar-refractivity contribution >= 4 is 23.5 Å². The second-order valence-corrected chi connectivity index (χ2v) is 5.39. The summed E-state index contributed by atoms with van der Waals surface area (Å²) < 4.78 is 4.85. The number of benzene rings is 1. The van der Waals surface area contributed by atoms with Crippen molar-refractivity contribution in [1.82, 2.24) is 0 Å². The molecular formula is C13H15ClO4. The van der Waals surface area contributed by atoms with Crippen LogP contribution in [0, 0.1) is 0 Å². The Morgan fingerprint density at radius 2 is 1.83 bits per heavy atom. The van der Waals surface area contributed by atoms with Gasteiger partial charge in [-0.25, -0.2) is 4.79 Å². The smallest absolute Gasteiger partial charge is 0.339 e. The quantitative estimate of drug-likeness (QED) is 0.662. The van der Waals surface area contributed by atoms with Crippen molar-refractivity contribution < 1.29 is 19.4 Å². The van der Waals surface area contributed by atoms with Crippen molar-refractivity contribution in [2.45, 2.75) is 33.1 Å². The summed E-state index contributed by atoms with van der Waals surface area (Å²) in [6.45, 7) is 7.01. The third-order valence-corrected chi connectivity index (χ3v) is 2.67. The van der Waals surface area contributed by atoms with Gasteiger partial charge in [0, 0.05) is 6.92 Å². The highest BCUT2D eigenvalue weighted by Gasteiger charge is 2.23. The van der Waals surface area contributed by atoms with Crippen LogP contribution in [0.2, 0.25) is 5.02 Å². The third-order valence-electron chi connectivity index (χ3n) is 2.39. The average Bonchev–Trinajstić information content (AvgIpc) is 2.17. The van der Waals surface area contributed by atoms with E-state index in [0.717, 1.165) is 5.56 Å². The second-order valence-electron chi connectivity index (χ2n) is 4.98. The predicted octanol–water partition coefficient (Wildman–Crippen LogP) is 3.26. The number of carboxylic acid groups (broad SMARTS) is 1. The fourth-order valence-corrected chi connectivity index (χ4v) is 1.69. The topological polar surface area (TPSA) is 63.6 Å². The van der Waals surface area contributed by atoms with E-state index in [0.29, 0.717) is 0 Å². The molecule has 5 heteroatoms. The van der Waals surface area contributed by atoms with Crippen LogP contribution in [0.1, 0.15) is 43.6 Å². The molecule has 0 aliphatic carbocycles. The van der Waals surface area contributed by atoms with Crippen LogP contribution in [0.25, 0.3) is 0 Å². The number of carboxylic acids is 1. The van der Waals surface area contributed by atoms with E-state index in [4.69, 9.17) is 21.4 Å². The van der Waals surface area contributed by atoms with Crippen molar-refractivity contribution in [3.8, 4) is 5.75 Å². The summed E-state index contributed by atoms with van der Waals surface area (Å²) in [6.07, 6.45) is 0. The Balaban J connectivity index is 3.45. The molecule has 18 heavy (non-hydrogen) atoms. The minimum Gasteiger partial charge on any atom is -0.478 e. The number of ether oxygens (including phenoxy) is 1. The molecule has 0 aliphatic rings. The molecular weight excluding hydrogens is 256 g/mol. The van der Waals surface area contributed by atoms with Crippen LogP contribution >= 0.6 is 11.6 Å². The fourth-order valence-electron chi connectivity index (χ4n) is 1.43. The molecule has 0 saturated carbocycles. The fraction of sp³-hybridized carbons (Fsp3) is 0.385. The van der Waals surface area contributed by atoms with Gasteiger partial charge < -0.3 is 9.84 Å². The van der Waals surface area contributed by atoms with Crippen molar-refractivity contribution in [2.24, 2.45) is 0 Å². The van der Waals surface area contributed by atoms with Gasteiger partial charge in [0.05, 0.1) is 5.02 Å². The van der Waals surface area contributed by atoms with Crippen LogP contribution in [-0.2, 0) is 10.2 Å². The molecule has 0 aliphatic heterocycles. The van der Waals surface area contributed by atoms with Crippen LogP contribution in [-0.4, -0.2) is 17.0 Å². The summed E-state index contributed by atoms with van der Waals surface area (Å²) >= 11 is 5.99. The molecule has 0 fully saturated rings. The van der Waals surface area contributed by atoms with Crippen LogP contribution < -0.4 is 4.74 Å². The van der Waals surface area contributed by atoms with Gasteiger partial charge in [-0.2, -0.15) is 0 Å². The predicted molar refractivity (Wildman–Crippen MR) is 68.4 cm³/mol. The Morgan fingerprint density at radius 1 is 1.28 bits per heavy atom. The monoisotopic (exact) mass is 270 g/mol. The van der Waals surface area contributed by atoms with Gasteiger partial charge in [-0.1, -0.05) is 32.4 Å².